The Hall–Kier alpha value is -14.8. The van der Waals surface area contributed by atoms with Gasteiger partial charge in [-0.1, -0.05) is 295 Å². The number of fused-ring (bicyclic) bond motifs is 18. The highest BCUT2D eigenvalue weighted by molar-refractivity contribution is 7.26. The number of para-hydroxylation sites is 5. The van der Waals surface area contributed by atoms with Crippen molar-refractivity contribution in [3.8, 4) is 78.1 Å². The Bertz CT molecular complexity index is 7800. The number of aromatic nitrogens is 2. The predicted molar refractivity (Wildman–Crippen MR) is 508 cm³/mol. The molecule has 2 aliphatic carbocycles. The molecule has 4 aromatic heterocycles. The summed E-state index contributed by atoms with van der Waals surface area (Å²) in [4.78, 5) is 4.85. The number of furan rings is 1. The lowest BCUT2D eigenvalue weighted by atomic mass is 9.82. The van der Waals surface area contributed by atoms with Crippen molar-refractivity contribution >= 4 is 131 Å². The molecule has 5 nitrogen and oxygen atoms in total. The Morgan fingerprint density at radius 3 is 1.13 bits per heavy atom. The number of benzene rings is 18. The molecular formula is C114H80N4OS. The molecule has 6 heteroatoms. The maximum absolute atomic E-state index is 6.26. The Labute approximate surface area is 701 Å². The second-order valence-corrected chi connectivity index (χ2v) is 34.1. The molecule has 22 aromatic rings. The molecule has 0 bridgehead atoms. The molecule has 0 spiro atoms. The number of hydrogen-bond donors (Lipinski definition) is 0. The minimum atomic E-state index is -0.110. The molecule has 24 rings (SSSR count). The Morgan fingerprint density at radius 2 is 0.600 bits per heavy atom. The average Bonchev–Trinajstić information content (AvgIpc) is 1.58. The van der Waals surface area contributed by atoms with E-state index < -0.39 is 0 Å². The van der Waals surface area contributed by atoms with Crippen LogP contribution in [-0.2, 0) is 10.8 Å². The maximum Gasteiger partial charge on any atom is 0.135 e. The number of rotatable bonds is 12. The minimum absolute atomic E-state index is 0.0972. The second kappa shape index (κ2) is 28.0. The molecule has 0 aliphatic heterocycles. The normalized spacial score (nSPS) is 13.0. The molecule has 18 aromatic carbocycles. The van der Waals surface area contributed by atoms with Gasteiger partial charge in [0, 0.05) is 98.4 Å². The number of anilines is 6. The zero-order chi connectivity index (χ0) is 79.9. The second-order valence-electron chi connectivity index (χ2n) is 33.1. The summed E-state index contributed by atoms with van der Waals surface area (Å²) in [5.41, 5.74) is 36.0. The van der Waals surface area contributed by atoms with Crippen LogP contribution < -0.4 is 9.80 Å². The van der Waals surface area contributed by atoms with Crippen LogP contribution in [0.4, 0.5) is 34.1 Å². The van der Waals surface area contributed by atoms with E-state index in [1.807, 2.05) is 23.5 Å². The zero-order valence-electron chi connectivity index (χ0n) is 66.9. The van der Waals surface area contributed by atoms with Crippen LogP contribution in [0.5, 0.6) is 0 Å². The van der Waals surface area contributed by atoms with Crippen LogP contribution in [0.15, 0.2) is 417 Å². The molecule has 0 atom stereocenters. The van der Waals surface area contributed by atoms with Gasteiger partial charge in [0.15, 0.2) is 0 Å². The van der Waals surface area contributed by atoms with Crippen LogP contribution in [0.3, 0.4) is 0 Å². The summed E-state index contributed by atoms with van der Waals surface area (Å²) in [6.45, 7) is 9.42. The van der Waals surface area contributed by atoms with E-state index in [0.717, 1.165) is 44.7 Å². The van der Waals surface area contributed by atoms with Crippen LogP contribution >= 0.6 is 11.3 Å². The minimum Gasteiger partial charge on any atom is -0.456 e. The van der Waals surface area contributed by atoms with Crippen LogP contribution in [-0.4, -0.2) is 9.13 Å². The van der Waals surface area contributed by atoms with Crippen molar-refractivity contribution in [3.05, 3.63) is 435 Å². The van der Waals surface area contributed by atoms with Crippen molar-refractivity contribution in [1.29, 1.82) is 0 Å². The molecule has 4 heterocycles. The molecule has 0 unspecified atom stereocenters. The summed E-state index contributed by atoms with van der Waals surface area (Å²) >= 11 is 1.88. The largest absolute Gasteiger partial charge is 0.456 e. The molecule has 0 radical (unpaired) electrons. The van der Waals surface area contributed by atoms with Gasteiger partial charge in [-0.2, -0.15) is 0 Å². The molecule has 568 valence electrons. The molecule has 0 saturated carbocycles. The molecule has 120 heavy (non-hydrogen) atoms. The zero-order valence-corrected chi connectivity index (χ0v) is 67.7. The fraction of sp³-hybridized carbons (Fsp3) is 0.0526. The van der Waals surface area contributed by atoms with Crippen molar-refractivity contribution in [3.63, 3.8) is 0 Å². The quantitative estimate of drug-likeness (QED) is 0.122. The summed E-state index contributed by atoms with van der Waals surface area (Å²) in [7, 11) is 0. The first-order valence-electron chi connectivity index (χ1n) is 41.5. The predicted octanol–water partition coefficient (Wildman–Crippen LogP) is 32.1. The van der Waals surface area contributed by atoms with Gasteiger partial charge < -0.3 is 23.4 Å². The van der Waals surface area contributed by atoms with E-state index in [1.54, 1.807) is 0 Å². The number of hydrogen-bond acceptors (Lipinski definition) is 4. The molecule has 0 fully saturated rings. The van der Waals surface area contributed by atoms with Crippen molar-refractivity contribution in [1.82, 2.24) is 9.13 Å². The first-order chi connectivity index (χ1) is 59.0. The van der Waals surface area contributed by atoms with E-state index in [-0.39, 0.29) is 10.8 Å². The van der Waals surface area contributed by atoms with Crippen molar-refractivity contribution in [2.24, 2.45) is 0 Å². The Kier molecular flexibility index (Phi) is 16.4. The van der Waals surface area contributed by atoms with Crippen LogP contribution in [0.1, 0.15) is 49.9 Å². The van der Waals surface area contributed by atoms with E-state index >= 15 is 0 Å². The smallest absolute Gasteiger partial charge is 0.135 e. The highest BCUT2D eigenvalue weighted by atomic mass is 32.1. The van der Waals surface area contributed by atoms with Crippen LogP contribution in [0.25, 0.3) is 164 Å². The molecule has 2 aliphatic rings. The van der Waals surface area contributed by atoms with Gasteiger partial charge in [0.05, 0.1) is 32.5 Å². The highest BCUT2D eigenvalue weighted by Gasteiger charge is 2.38. The van der Waals surface area contributed by atoms with Gasteiger partial charge >= 0.3 is 0 Å². The number of nitrogens with zero attached hydrogens (tertiary/aromatic N) is 4. The third kappa shape index (κ3) is 11.5. The van der Waals surface area contributed by atoms with E-state index in [0.29, 0.717) is 0 Å². The standard InChI is InChI=1S/C57H40N2O.C57H40N2S/c1-57(2)51-17-9-6-14-45(51)46-31-29-44(36-52(46)57)58(43-30-33-56-50(35-43)48-16-8-11-19-55(48)60-56)42-27-24-38(25-28-42)37-20-22-39(23-21-37)40-26-32-54-49(34-40)47-15-7-10-18-53(47)59(54)41-12-4-3-5-13-41;1-57(2)50-19-9-6-15-44(50)45-33-32-43(36-51(45)57)58(54-21-12-18-48-47-17-8-11-22-55(47)60-56(48)54)42-30-27-38(28-31-42)37-23-25-39(26-24-37)40-29-34-53-49(35-40)46-16-7-10-20-52(46)59(53)41-13-4-3-5-14-41/h2*3-36H,1-2H3. The summed E-state index contributed by atoms with van der Waals surface area (Å²) in [5.74, 6) is 0. The maximum atomic E-state index is 6.26. The lowest BCUT2D eigenvalue weighted by Crippen LogP contribution is -2.16. The SMILES string of the molecule is CC1(C)c2ccccc2-c2ccc(N(c3ccc(-c4ccc(-c5ccc6c(c5)c5ccccc5n6-c5ccccc5)cc4)cc3)c3ccc4oc5ccccc5c4c3)cc21.CC1(C)c2ccccc2-c2ccc(N(c3ccc(-c4ccc(-c5ccc6c(c5)c5ccccc5n6-c5ccccc5)cc4)cc3)c3cccc4c3sc3ccccc34)cc21. The van der Waals surface area contributed by atoms with E-state index in [1.165, 1.54) is 176 Å². The first-order valence-corrected chi connectivity index (χ1v) is 42.3. The number of thiophene rings is 1. The van der Waals surface area contributed by atoms with Gasteiger partial charge in [-0.05, 0) is 235 Å². The monoisotopic (exact) mass is 1550 g/mol. The fourth-order valence-electron chi connectivity index (χ4n) is 19.6. The lowest BCUT2D eigenvalue weighted by molar-refractivity contribution is 0.660. The van der Waals surface area contributed by atoms with Gasteiger partial charge in [-0.25, -0.2) is 0 Å². The lowest BCUT2D eigenvalue weighted by Gasteiger charge is -2.28. The fourth-order valence-corrected chi connectivity index (χ4v) is 20.8. The van der Waals surface area contributed by atoms with E-state index in [9.17, 15) is 0 Å². The van der Waals surface area contributed by atoms with Crippen LogP contribution in [0, 0.1) is 0 Å². The third-order valence-electron chi connectivity index (χ3n) is 25.6. The average molecular weight is 1550 g/mol. The molecule has 0 N–H and O–H groups in total. The summed E-state index contributed by atoms with van der Waals surface area (Å²) in [6.07, 6.45) is 0. The highest BCUT2D eigenvalue weighted by Crippen LogP contribution is 2.55. The van der Waals surface area contributed by atoms with Gasteiger partial charge in [-0.3, -0.25) is 0 Å². The van der Waals surface area contributed by atoms with Crippen molar-refractivity contribution in [2.45, 2.75) is 38.5 Å². The molecule has 0 saturated heterocycles. The van der Waals surface area contributed by atoms with Crippen molar-refractivity contribution in [2.75, 3.05) is 9.80 Å². The Balaban J connectivity index is 0.000000140. The topological polar surface area (TPSA) is 29.5 Å². The summed E-state index contributed by atoms with van der Waals surface area (Å²) < 4.78 is 13.6. The first kappa shape index (κ1) is 70.6. The summed E-state index contributed by atoms with van der Waals surface area (Å²) in [5, 5.41) is 9.88. The van der Waals surface area contributed by atoms with E-state index in [2.05, 4.69) is 447 Å². The van der Waals surface area contributed by atoms with E-state index in [4.69, 9.17) is 4.42 Å². The molecular weight excluding hydrogens is 1470 g/mol. The molecule has 0 amide bonds. The van der Waals surface area contributed by atoms with Gasteiger partial charge in [0.1, 0.15) is 11.2 Å². The van der Waals surface area contributed by atoms with Gasteiger partial charge in [0.2, 0.25) is 0 Å². The third-order valence-corrected chi connectivity index (χ3v) is 26.8. The Morgan fingerprint density at radius 1 is 0.233 bits per heavy atom. The van der Waals surface area contributed by atoms with Gasteiger partial charge in [0.25, 0.3) is 0 Å². The van der Waals surface area contributed by atoms with Crippen LogP contribution in [0.2, 0.25) is 0 Å². The van der Waals surface area contributed by atoms with Crippen molar-refractivity contribution < 1.29 is 4.42 Å². The van der Waals surface area contributed by atoms with Gasteiger partial charge in [-0.15, -0.1) is 11.3 Å². The summed E-state index contributed by atoms with van der Waals surface area (Å²) in [6, 6.07) is 151.